The van der Waals surface area contributed by atoms with Crippen LogP contribution in [-0.4, -0.2) is 23.5 Å². The predicted molar refractivity (Wildman–Crippen MR) is 106 cm³/mol. The van der Waals surface area contributed by atoms with Crippen molar-refractivity contribution in [3.63, 3.8) is 0 Å². The van der Waals surface area contributed by atoms with E-state index >= 15 is 0 Å². The summed E-state index contributed by atoms with van der Waals surface area (Å²) >= 11 is 0. The Morgan fingerprint density at radius 2 is 1.82 bits per heavy atom. The van der Waals surface area contributed by atoms with Crippen molar-refractivity contribution in [1.29, 1.82) is 0 Å². The molecular weight excluding hydrogens is 354 g/mol. The van der Waals surface area contributed by atoms with Gasteiger partial charge in [0, 0.05) is 23.0 Å². The molecule has 0 saturated heterocycles. The van der Waals surface area contributed by atoms with Crippen LogP contribution in [0, 0.1) is 0 Å². The number of fused-ring (bicyclic) bond motifs is 1. The van der Waals surface area contributed by atoms with Gasteiger partial charge in [0.2, 0.25) is 0 Å². The molecule has 0 saturated carbocycles. The summed E-state index contributed by atoms with van der Waals surface area (Å²) in [5, 5.41) is 3.39. The molecule has 6 heteroatoms. The fourth-order valence-corrected chi connectivity index (χ4v) is 3.27. The first-order valence-corrected chi connectivity index (χ1v) is 9.06. The fraction of sp³-hybridized carbons (Fsp3) is 0.136. The van der Waals surface area contributed by atoms with E-state index in [0.29, 0.717) is 23.6 Å². The fourth-order valence-electron chi connectivity index (χ4n) is 3.27. The van der Waals surface area contributed by atoms with Crippen LogP contribution in [0.1, 0.15) is 39.4 Å². The predicted octanol–water partition coefficient (Wildman–Crippen LogP) is 4.03. The van der Waals surface area contributed by atoms with Gasteiger partial charge in [-0.3, -0.25) is 9.69 Å². The zero-order valence-corrected chi connectivity index (χ0v) is 15.3. The van der Waals surface area contributed by atoms with Gasteiger partial charge in [-0.1, -0.05) is 24.3 Å². The lowest BCUT2D eigenvalue weighted by molar-refractivity contribution is 0.0526. The lowest BCUT2D eigenvalue weighted by Gasteiger charge is -2.26. The van der Waals surface area contributed by atoms with Crippen LogP contribution in [0.15, 0.2) is 72.9 Å². The number of aromatic nitrogens is 1. The van der Waals surface area contributed by atoms with Crippen LogP contribution in [0.3, 0.4) is 0 Å². The maximum atomic E-state index is 13.0. The van der Waals surface area contributed by atoms with Crippen molar-refractivity contribution in [3.05, 3.63) is 89.6 Å². The van der Waals surface area contributed by atoms with Gasteiger partial charge < -0.3 is 10.1 Å². The molecule has 140 valence electrons. The molecule has 28 heavy (non-hydrogen) atoms. The normalized spacial score (nSPS) is 15.2. The molecule has 0 spiro atoms. The van der Waals surface area contributed by atoms with Gasteiger partial charge in [0.1, 0.15) is 12.0 Å². The van der Waals surface area contributed by atoms with E-state index in [1.807, 2.05) is 42.5 Å². The van der Waals surface area contributed by atoms with E-state index in [4.69, 9.17) is 4.74 Å². The minimum absolute atomic E-state index is 0.102. The number of hydrogen-bond acceptors (Lipinski definition) is 5. The summed E-state index contributed by atoms with van der Waals surface area (Å²) in [7, 11) is 0. The van der Waals surface area contributed by atoms with E-state index in [1.165, 1.54) is 0 Å². The molecule has 0 radical (unpaired) electrons. The average molecular weight is 373 g/mol. The monoisotopic (exact) mass is 373 g/mol. The molecule has 0 bridgehead atoms. The number of nitrogens with zero attached hydrogens (tertiary/aromatic N) is 2. The first-order chi connectivity index (χ1) is 13.7. The number of carbonyl (C=O) groups is 2. The van der Waals surface area contributed by atoms with Crippen LogP contribution in [0.4, 0.5) is 11.5 Å². The van der Waals surface area contributed by atoms with Crippen molar-refractivity contribution < 1.29 is 14.3 Å². The highest BCUT2D eigenvalue weighted by atomic mass is 16.5. The molecule has 2 aromatic carbocycles. The number of esters is 1. The molecule has 1 amide bonds. The molecule has 0 unspecified atom stereocenters. The van der Waals surface area contributed by atoms with Gasteiger partial charge >= 0.3 is 5.97 Å². The molecule has 0 fully saturated rings. The van der Waals surface area contributed by atoms with E-state index in [-0.39, 0.29) is 11.9 Å². The smallest absolute Gasteiger partial charge is 0.338 e. The third-order valence-electron chi connectivity index (χ3n) is 4.56. The van der Waals surface area contributed by atoms with Crippen LogP contribution >= 0.6 is 0 Å². The number of nitrogens with one attached hydrogen (secondary N) is 1. The van der Waals surface area contributed by atoms with Gasteiger partial charge in [-0.05, 0) is 49.4 Å². The third kappa shape index (κ3) is 3.20. The Balaban J connectivity index is 1.66. The summed E-state index contributed by atoms with van der Waals surface area (Å²) in [4.78, 5) is 30.8. The van der Waals surface area contributed by atoms with Gasteiger partial charge in [0.15, 0.2) is 0 Å². The van der Waals surface area contributed by atoms with E-state index < -0.39 is 6.17 Å². The van der Waals surface area contributed by atoms with Crippen molar-refractivity contribution in [1.82, 2.24) is 4.98 Å². The van der Waals surface area contributed by atoms with Crippen molar-refractivity contribution in [2.45, 2.75) is 13.1 Å². The second-order valence-corrected chi connectivity index (χ2v) is 6.30. The van der Waals surface area contributed by atoms with Crippen LogP contribution in [0.5, 0.6) is 0 Å². The highest BCUT2D eigenvalue weighted by Gasteiger charge is 2.38. The van der Waals surface area contributed by atoms with Crippen LogP contribution in [0.2, 0.25) is 0 Å². The number of benzene rings is 2. The van der Waals surface area contributed by atoms with Crippen molar-refractivity contribution in [2.24, 2.45) is 0 Å². The first-order valence-electron chi connectivity index (χ1n) is 9.06. The lowest BCUT2D eigenvalue weighted by atomic mass is 10.1. The van der Waals surface area contributed by atoms with Gasteiger partial charge in [-0.2, -0.15) is 0 Å². The van der Waals surface area contributed by atoms with Crippen LogP contribution in [0.25, 0.3) is 0 Å². The lowest BCUT2D eigenvalue weighted by Crippen LogP contribution is -2.32. The van der Waals surface area contributed by atoms with Crippen LogP contribution in [-0.2, 0) is 4.74 Å². The Labute approximate surface area is 162 Å². The Hall–Kier alpha value is -3.67. The third-order valence-corrected chi connectivity index (χ3v) is 4.56. The van der Waals surface area contributed by atoms with Crippen LogP contribution < -0.4 is 10.2 Å². The molecule has 3 aromatic rings. The summed E-state index contributed by atoms with van der Waals surface area (Å²) in [5.74, 6) is 0.116. The molecule has 1 aliphatic rings. The van der Waals surface area contributed by atoms with Gasteiger partial charge in [-0.15, -0.1) is 0 Å². The number of ether oxygens (including phenoxy) is 1. The van der Waals surface area contributed by atoms with Crippen molar-refractivity contribution >= 4 is 23.4 Å². The summed E-state index contributed by atoms with van der Waals surface area (Å²) in [5.41, 5.74) is 2.79. The van der Waals surface area contributed by atoms with Crippen molar-refractivity contribution in [2.75, 3.05) is 16.8 Å². The molecule has 1 aliphatic heterocycles. The molecule has 2 heterocycles. The zero-order valence-electron chi connectivity index (χ0n) is 15.3. The van der Waals surface area contributed by atoms with Crippen molar-refractivity contribution in [3.8, 4) is 0 Å². The SMILES string of the molecule is CCOC(=O)c1ccc(N[C@H]2c3ccccc3C(=O)N2c2ccccn2)cc1. The number of carbonyl (C=O) groups excluding carboxylic acids is 2. The number of amides is 1. The van der Waals surface area contributed by atoms with Gasteiger partial charge in [-0.25, -0.2) is 9.78 Å². The standard InChI is InChI=1S/C22H19N3O3/c1-2-28-22(27)15-10-12-16(13-11-15)24-20-17-7-3-4-8-18(17)21(26)25(20)19-9-5-6-14-23-19/h3-14,20,24H,2H2,1H3/t20-/m1/s1. The molecule has 6 nitrogen and oxygen atoms in total. The Morgan fingerprint density at radius 1 is 1.07 bits per heavy atom. The first kappa shape index (κ1) is 17.7. The number of hydrogen-bond donors (Lipinski definition) is 1. The minimum Gasteiger partial charge on any atom is -0.462 e. The Morgan fingerprint density at radius 3 is 2.54 bits per heavy atom. The zero-order chi connectivity index (χ0) is 19.5. The number of rotatable bonds is 5. The van der Waals surface area contributed by atoms with E-state index in [1.54, 1.807) is 42.3 Å². The maximum Gasteiger partial charge on any atom is 0.338 e. The summed E-state index contributed by atoms with van der Waals surface area (Å²) in [6.07, 6.45) is 1.27. The minimum atomic E-state index is -0.396. The Kier molecular flexibility index (Phi) is 4.76. The molecular formula is C22H19N3O3. The Bertz CT molecular complexity index is 1000. The summed E-state index contributed by atoms with van der Waals surface area (Å²) < 4.78 is 5.02. The van der Waals surface area contributed by atoms with E-state index in [0.717, 1.165) is 11.3 Å². The quantitative estimate of drug-likeness (QED) is 0.684. The summed E-state index contributed by atoms with van der Waals surface area (Å²) in [6.45, 7) is 2.10. The molecule has 4 rings (SSSR count). The second kappa shape index (κ2) is 7.52. The number of anilines is 2. The maximum absolute atomic E-state index is 13.0. The highest BCUT2D eigenvalue weighted by Crippen LogP contribution is 2.37. The molecule has 1 aromatic heterocycles. The van der Waals surface area contributed by atoms with E-state index in [9.17, 15) is 9.59 Å². The molecule has 1 N–H and O–H groups in total. The van der Waals surface area contributed by atoms with Gasteiger partial charge in [0.05, 0.1) is 12.2 Å². The highest BCUT2D eigenvalue weighted by molar-refractivity contribution is 6.11. The largest absolute Gasteiger partial charge is 0.462 e. The molecule has 1 atom stereocenters. The topological polar surface area (TPSA) is 71.5 Å². The number of pyridine rings is 1. The van der Waals surface area contributed by atoms with E-state index in [2.05, 4.69) is 10.3 Å². The average Bonchev–Trinajstić information content (AvgIpc) is 3.01. The summed E-state index contributed by atoms with van der Waals surface area (Å²) in [6, 6.07) is 20.0. The molecule has 0 aliphatic carbocycles. The van der Waals surface area contributed by atoms with Gasteiger partial charge in [0.25, 0.3) is 5.91 Å². The second-order valence-electron chi connectivity index (χ2n) is 6.30.